The molecular weight excluding hydrogens is 241 g/mol. The quantitative estimate of drug-likeness (QED) is 0.870. The second kappa shape index (κ2) is 5.06. The summed E-state index contributed by atoms with van der Waals surface area (Å²) in [6.45, 7) is 0.586. The Balaban J connectivity index is 2.02. The minimum absolute atomic E-state index is 0.0979. The highest BCUT2D eigenvalue weighted by Gasteiger charge is 2.00. The number of phenols is 1. The second-order valence-corrected chi connectivity index (χ2v) is 4.06. The zero-order valence-corrected chi connectivity index (χ0v) is 9.71. The molecule has 2 aromatic carbocycles. The molecule has 0 saturated carbocycles. The van der Waals surface area contributed by atoms with Gasteiger partial charge in [0.05, 0.1) is 5.02 Å². The number of anilines is 1. The van der Waals surface area contributed by atoms with E-state index in [0.29, 0.717) is 6.54 Å². The van der Waals surface area contributed by atoms with Crippen molar-refractivity contribution in [3.63, 3.8) is 0 Å². The van der Waals surface area contributed by atoms with Crippen LogP contribution >= 0.6 is 11.6 Å². The molecule has 2 nitrogen and oxygen atoms in total. The topological polar surface area (TPSA) is 32.3 Å². The SMILES string of the molecule is Oc1ccc(CNc2ccc(F)c(Cl)c2)cc1. The first-order chi connectivity index (χ1) is 8.15. The highest BCUT2D eigenvalue weighted by molar-refractivity contribution is 6.31. The Labute approximate surface area is 104 Å². The maximum absolute atomic E-state index is 12.9. The van der Waals surface area contributed by atoms with E-state index in [-0.39, 0.29) is 10.8 Å². The van der Waals surface area contributed by atoms with Crippen molar-refractivity contribution in [1.29, 1.82) is 0 Å². The summed E-state index contributed by atoms with van der Waals surface area (Å²) in [5, 5.41) is 12.3. The van der Waals surface area contributed by atoms with Gasteiger partial charge in [-0.15, -0.1) is 0 Å². The predicted molar refractivity (Wildman–Crippen MR) is 66.8 cm³/mol. The summed E-state index contributed by atoms with van der Waals surface area (Å²) < 4.78 is 12.9. The molecule has 0 aromatic heterocycles. The second-order valence-electron chi connectivity index (χ2n) is 3.65. The van der Waals surface area contributed by atoms with Crippen LogP contribution in [0.15, 0.2) is 42.5 Å². The monoisotopic (exact) mass is 251 g/mol. The summed E-state index contributed by atoms with van der Waals surface area (Å²) in [5.41, 5.74) is 1.77. The number of halogens is 2. The molecule has 2 N–H and O–H groups in total. The van der Waals surface area contributed by atoms with Gasteiger partial charge in [-0.3, -0.25) is 0 Å². The minimum atomic E-state index is -0.429. The molecule has 0 amide bonds. The Hall–Kier alpha value is -1.74. The molecular formula is C13H11ClFNO. The normalized spacial score (nSPS) is 10.2. The van der Waals surface area contributed by atoms with Gasteiger partial charge in [-0.1, -0.05) is 23.7 Å². The Morgan fingerprint density at radius 2 is 1.82 bits per heavy atom. The van der Waals surface area contributed by atoms with Crippen LogP contribution in [0.25, 0.3) is 0 Å². The Morgan fingerprint density at radius 3 is 2.47 bits per heavy atom. The lowest BCUT2D eigenvalue weighted by atomic mass is 10.2. The van der Waals surface area contributed by atoms with Gasteiger partial charge in [0, 0.05) is 12.2 Å². The molecule has 0 spiro atoms. The molecule has 0 radical (unpaired) electrons. The van der Waals surface area contributed by atoms with Crippen molar-refractivity contribution in [1.82, 2.24) is 0 Å². The summed E-state index contributed by atoms with van der Waals surface area (Å²) in [5.74, 6) is -0.194. The van der Waals surface area contributed by atoms with Gasteiger partial charge in [-0.2, -0.15) is 0 Å². The first kappa shape index (κ1) is 11.7. The van der Waals surface area contributed by atoms with Crippen LogP contribution in [-0.2, 0) is 6.54 Å². The highest BCUT2D eigenvalue weighted by atomic mass is 35.5. The molecule has 0 heterocycles. The van der Waals surface area contributed by atoms with E-state index in [9.17, 15) is 4.39 Å². The van der Waals surface area contributed by atoms with Crippen LogP contribution < -0.4 is 5.32 Å². The Bertz CT molecular complexity index is 513. The van der Waals surface area contributed by atoms with Crippen LogP contribution in [0.4, 0.5) is 10.1 Å². The average molecular weight is 252 g/mol. The average Bonchev–Trinajstić information content (AvgIpc) is 2.33. The van der Waals surface area contributed by atoms with E-state index in [2.05, 4.69) is 5.32 Å². The lowest BCUT2D eigenvalue weighted by Gasteiger charge is -2.07. The van der Waals surface area contributed by atoms with E-state index in [1.165, 1.54) is 12.1 Å². The molecule has 0 saturated heterocycles. The van der Waals surface area contributed by atoms with Crippen molar-refractivity contribution in [3.8, 4) is 5.75 Å². The van der Waals surface area contributed by atoms with Crippen LogP contribution in [0.1, 0.15) is 5.56 Å². The molecule has 0 fully saturated rings. The molecule has 2 aromatic rings. The number of aromatic hydroxyl groups is 1. The maximum Gasteiger partial charge on any atom is 0.141 e. The molecule has 0 atom stereocenters. The van der Waals surface area contributed by atoms with Crippen molar-refractivity contribution >= 4 is 17.3 Å². The summed E-state index contributed by atoms with van der Waals surface area (Å²) in [7, 11) is 0. The van der Waals surface area contributed by atoms with Crippen molar-refractivity contribution < 1.29 is 9.50 Å². The van der Waals surface area contributed by atoms with E-state index < -0.39 is 5.82 Å². The Morgan fingerprint density at radius 1 is 1.12 bits per heavy atom. The third-order valence-electron chi connectivity index (χ3n) is 2.35. The maximum atomic E-state index is 12.9. The molecule has 4 heteroatoms. The molecule has 0 unspecified atom stereocenters. The van der Waals surface area contributed by atoms with Gasteiger partial charge in [0.2, 0.25) is 0 Å². The van der Waals surface area contributed by atoms with Gasteiger partial charge in [0.15, 0.2) is 0 Å². The van der Waals surface area contributed by atoms with E-state index in [1.807, 2.05) is 12.1 Å². The fourth-order valence-electron chi connectivity index (χ4n) is 1.42. The number of benzene rings is 2. The van der Waals surface area contributed by atoms with Gasteiger partial charge in [-0.05, 0) is 35.9 Å². The lowest BCUT2D eigenvalue weighted by Crippen LogP contribution is -1.99. The smallest absolute Gasteiger partial charge is 0.141 e. The van der Waals surface area contributed by atoms with Crippen LogP contribution in [0, 0.1) is 5.82 Å². The van der Waals surface area contributed by atoms with Crippen LogP contribution in [0.2, 0.25) is 5.02 Å². The Kier molecular flexibility index (Phi) is 3.49. The van der Waals surface area contributed by atoms with E-state index in [4.69, 9.17) is 16.7 Å². The third kappa shape index (κ3) is 3.11. The zero-order valence-electron chi connectivity index (χ0n) is 8.95. The van der Waals surface area contributed by atoms with Gasteiger partial charge in [0.1, 0.15) is 11.6 Å². The van der Waals surface area contributed by atoms with Gasteiger partial charge >= 0.3 is 0 Å². The van der Waals surface area contributed by atoms with Gasteiger partial charge < -0.3 is 10.4 Å². The number of phenolic OH excluding ortho intramolecular Hbond substituents is 1. The molecule has 17 heavy (non-hydrogen) atoms. The number of hydrogen-bond acceptors (Lipinski definition) is 2. The molecule has 88 valence electrons. The number of hydrogen-bond donors (Lipinski definition) is 2. The minimum Gasteiger partial charge on any atom is -0.508 e. The standard InChI is InChI=1S/C13H11ClFNO/c14-12-7-10(3-6-13(12)15)16-8-9-1-4-11(17)5-2-9/h1-7,16-17H,8H2. The molecule has 0 bridgehead atoms. The van der Waals surface area contributed by atoms with Crippen molar-refractivity contribution in [2.75, 3.05) is 5.32 Å². The number of rotatable bonds is 3. The van der Waals surface area contributed by atoms with E-state index in [1.54, 1.807) is 18.2 Å². The van der Waals surface area contributed by atoms with Gasteiger partial charge in [-0.25, -0.2) is 4.39 Å². The highest BCUT2D eigenvalue weighted by Crippen LogP contribution is 2.20. The van der Waals surface area contributed by atoms with Crippen LogP contribution in [-0.4, -0.2) is 5.11 Å². The third-order valence-corrected chi connectivity index (χ3v) is 2.64. The number of nitrogens with one attached hydrogen (secondary N) is 1. The van der Waals surface area contributed by atoms with E-state index >= 15 is 0 Å². The van der Waals surface area contributed by atoms with Gasteiger partial charge in [0.25, 0.3) is 0 Å². The first-order valence-electron chi connectivity index (χ1n) is 5.12. The fraction of sp³-hybridized carbons (Fsp3) is 0.0769. The summed E-state index contributed by atoms with van der Waals surface area (Å²) in [6, 6.07) is 11.4. The molecule has 0 aliphatic rings. The van der Waals surface area contributed by atoms with E-state index in [0.717, 1.165) is 11.3 Å². The molecule has 0 aliphatic carbocycles. The fourth-order valence-corrected chi connectivity index (χ4v) is 1.60. The zero-order chi connectivity index (χ0) is 12.3. The van der Waals surface area contributed by atoms with Crippen LogP contribution in [0.3, 0.4) is 0 Å². The largest absolute Gasteiger partial charge is 0.508 e. The molecule has 2 rings (SSSR count). The van der Waals surface area contributed by atoms with Crippen molar-refractivity contribution in [3.05, 3.63) is 58.9 Å². The molecule has 0 aliphatic heterocycles. The summed E-state index contributed by atoms with van der Waals surface area (Å²) >= 11 is 5.67. The summed E-state index contributed by atoms with van der Waals surface area (Å²) in [6.07, 6.45) is 0. The summed E-state index contributed by atoms with van der Waals surface area (Å²) in [4.78, 5) is 0. The van der Waals surface area contributed by atoms with Crippen molar-refractivity contribution in [2.24, 2.45) is 0 Å². The predicted octanol–water partition coefficient (Wildman–Crippen LogP) is 3.80. The lowest BCUT2D eigenvalue weighted by molar-refractivity contribution is 0.475. The van der Waals surface area contributed by atoms with Crippen LogP contribution in [0.5, 0.6) is 5.75 Å². The first-order valence-corrected chi connectivity index (χ1v) is 5.50. The van der Waals surface area contributed by atoms with Crippen molar-refractivity contribution in [2.45, 2.75) is 6.54 Å².